The highest BCUT2D eigenvalue weighted by Gasteiger charge is 2.25. The van der Waals surface area contributed by atoms with Crippen molar-refractivity contribution >= 4 is 181 Å². The van der Waals surface area contributed by atoms with Gasteiger partial charge < -0.3 is 28.4 Å². The number of fused-ring (bicyclic) bond motifs is 15. The van der Waals surface area contributed by atoms with Crippen molar-refractivity contribution in [2.24, 2.45) is 0 Å². The Morgan fingerprint density at radius 3 is 0.884 bits per heavy atom. The van der Waals surface area contributed by atoms with E-state index in [1.807, 2.05) is 0 Å². The Balaban J connectivity index is 0.505. The van der Waals surface area contributed by atoms with Gasteiger partial charge in [-0.25, -0.2) is 0 Å². The Morgan fingerprint density at radius 1 is 0.123 bits per heavy atom. The van der Waals surface area contributed by atoms with Crippen molar-refractivity contribution in [3.05, 3.63) is 522 Å². The second-order valence-corrected chi connectivity index (χ2v) is 36.3. The summed E-state index contributed by atoms with van der Waals surface area (Å²) < 4.78 is 7.29. The number of anilines is 9. The molecule has 6 nitrogen and oxygen atoms in total. The number of benzene rings is 24. The zero-order chi connectivity index (χ0) is 90.8. The molecule has 3 heterocycles. The third-order valence-corrected chi connectivity index (χ3v) is 28.5. The topological polar surface area (TPSA) is 24.5 Å². The molecule has 0 unspecified atom stereocenters. The van der Waals surface area contributed by atoms with Gasteiger partial charge >= 0.3 is 0 Å². The van der Waals surface area contributed by atoms with E-state index in [0.717, 1.165) is 151 Å². The lowest BCUT2D eigenvalue weighted by atomic mass is 9.96. The average Bonchev–Trinajstić information content (AvgIpc) is 1.60. The Kier molecular flexibility index (Phi) is 18.9. The molecular weight excluding hydrogens is 1670 g/mol. The lowest BCUT2D eigenvalue weighted by Gasteiger charge is -2.28. The third-order valence-electron chi connectivity index (χ3n) is 28.5. The summed E-state index contributed by atoms with van der Waals surface area (Å²) in [5.74, 6) is 0. The molecule has 0 saturated carbocycles. The van der Waals surface area contributed by atoms with Crippen molar-refractivity contribution < 1.29 is 0 Å². The zero-order valence-electron chi connectivity index (χ0n) is 75.3. The SMILES string of the molecule is c1ccc(-n2c3ccccc3c3cc(-c4ccc(N(c5ccc6ccccc6c5)c5cccc6c(-c7ccc(-n8c9ccccc9c9ccc(-c%10ccc(N(c%11ccc%12ccccc%12c%11)c%11cccc%12c(-c%13cccc(-n%14c%15ccccc%15c%15ccc(-c%16ccc(N(c%17ccc%18ccccc%18c%17)c%17ccc%18ccccc%18c%17)cc%16)cc%15%14)c%13)cccc%11%12)cc%10)cc98)cc7)cccc56)cc4)ccc32)cc1. The van der Waals surface area contributed by atoms with E-state index in [1.54, 1.807) is 0 Å². The van der Waals surface area contributed by atoms with Gasteiger partial charge in [0, 0.05) is 100.0 Å². The Labute approximate surface area is 798 Å². The van der Waals surface area contributed by atoms with Crippen LogP contribution in [-0.2, 0) is 0 Å². The summed E-state index contributed by atoms with van der Waals surface area (Å²) in [6.07, 6.45) is 0. The van der Waals surface area contributed by atoms with Crippen LogP contribution in [0.1, 0.15) is 0 Å². The van der Waals surface area contributed by atoms with Gasteiger partial charge in [-0.05, 0) is 285 Å². The quantitative estimate of drug-likeness (QED) is 0.0908. The Morgan fingerprint density at radius 2 is 0.420 bits per heavy atom. The van der Waals surface area contributed by atoms with Gasteiger partial charge in [0.2, 0.25) is 0 Å². The summed E-state index contributed by atoms with van der Waals surface area (Å²) in [4.78, 5) is 7.27. The highest BCUT2D eigenvalue weighted by molar-refractivity contribution is 6.15. The van der Waals surface area contributed by atoms with Crippen molar-refractivity contribution in [2.45, 2.75) is 0 Å². The second-order valence-electron chi connectivity index (χ2n) is 36.3. The molecule has 27 aromatic rings. The van der Waals surface area contributed by atoms with Gasteiger partial charge in [-0.3, -0.25) is 0 Å². The van der Waals surface area contributed by atoms with Crippen LogP contribution in [0.3, 0.4) is 0 Å². The van der Waals surface area contributed by atoms with Gasteiger partial charge in [-0.1, -0.05) is 346 Å². The number of para-hydroxylation sites is 4. The lowest BCUT2D eigenvalue weighted by Crippen LogP contribution is -2.10. The van der Waals surface area contributed by atoms with Gasteiger partial charge in [0.15, 0.2) is 0 Å². The molecule has 0 aliphatic rings. The minimum absolute atomic E-state index is 1.06. The molecule has 0 aliphatic carbocycles. The fraction of sp³-hybridized carbons (Fsp3) is 0. The van der Waals surface area contributed by atoms with E-state index in [4.69, 9.17) is 0 Å². The first kappa shape index (κ1) is 79.4. The standard InChI is InChI=1S/C132H86N6/c1-2-32-103(33-3-1)136-129-46-17-14-37-121(129)124-84-99(63-78-130(124)136)91-51-66-105(67-52-91)134(111-74-57-89-25-6-10-29-97(89)81-111)125-47-21-40-115-113(38-19-42-117(115)125)94-59-70-107(71-60-94)137-127-44-15-12-35-119(127)122-76-61-100(85-131(122)137)93-53-68-106(69-54-93)135(112-75-58-90-26-7-11-30-98(90)82-112)126-48-22-41-116-114(39-20-43-118(116)126)102-31-18-34-108(83-102)138-128-45-16-13-36-120(128)123-77-62-101(86-132(123)138)92-49-64-104(65-50-92)133(109-72-55-87-23-4-8-27-95(87)79-109)110-73-56-88-24-5-9-28-96(88)80-110/h1-86H. The fourth-order valence-corrected chi connectivity index (χ4v) is 21.9. The molecule has 27 rings (SSSR count). The summed E-state index contributed by atoms with van der Waals surface area (Å²) in [6, 6.07) is 193. The second kappa shape index (κ2) is 32.8. The lowest BCUT2D eigenvalue weighted by molar-refractivity contribution is 1.18. The van der Waals surface area contributed by atoms with Crippen molar-refractivity contribution in [1.29, 1.82) is 0 Å². The van der Waals surface area contributed by atoms with Gasteiger partial charge in [-0.2, -0.15) is 0 Å². The summed E-state index contributed by atoms with van der Waals surface area (Å²) in [5.41, 5.74) is 31.6. The van der Waals surface area contributed by atoms with Crippen molar-refractivity contribution in [3.63, 3.8) is 0 Å². The van der Waals surface area contributed by atoms with Gasteiger partial charge in [0.25, 0.3) is 0 Å². The van der Waals surface area contributed by atoms with Gasteiger partial charge in [0.1, 0.15) is 0 Å². The first-order valence-electron chi connectivity index (χ1n) is 47.5. The molecule has 0 aliphatic heterocycles. The van der Waals surface area contributed by atoms with Crippen LogP contribution < -0.4 is 14.7 Å². The largest absolute Gasteiger partial charge is 0.310 e. The molecule has 0 bridgehead atoms. The van der Waals surface area contributed by atoms with Crippen LogP contribution >= 0.6 is 0 Å². The maximum absolute atomic E-state index is 2.46. The molecule has 0 fully saturated rings. The van der Waals surface area contributed by atoms with Crippen LogP contribution in [-0.4, -0.2) is 13.7 Å². The highest BCUT2D eigenvalue weighted by atomic mass is 15.2. The van der Waals surface area contributed by atoms with Crippen molar-refractivity contribution in [1.82, 2.24) is 13.7 Å². The first-order chi connectivity index (χ1) is 68.4. The van der Waals surface area contributed by atoms with E-state index in [0.29, 0.717) is 0 Å². The molecule has 0 radical (unpaired) electrons. The maximum Gasteiger partial charge on any atom is 0.0547 e. The van der Waals surface area contributed by atoms with Crippen LogP contribution in [0.15, 0.2) is 522 Å². The maximum atomic E-state index is 2.46. The molecule has 0 atom stereocenters. The summed E-state index contributed by atoms with van der Waals surface area (Å²) in [5, 5.41) is 21.6. The van der Waals surface area contributed by atoms with E-state index in [-0.39, 0.29) is 0 Å². The molecule has 0 amide bonds. The molecule has 138 heavy (non-hydrogen) atoms. The minimum Gasteiger partial charge on any atom is -0.310 e. The Bertz CT molecular complexity index is 9460. The highest BCUT2D eigenvalue weighted by Crippen LogP contribution is 2.49. The van der Waals surface area contributed by atoms with E-state index in [9.17, 15) is 0 Å². The molecule has 0 saturated heterocycles. The number of hydrogen-bond acceptors (Lipinski definition) is 3. The Hall–Kier alpha value is -18.4. The normalized spacial score (nSPS) is 11.8. The molecule has 0 spiro atoms. The first-order valence-corrected chi connectivity index (χ1v) is 47.5. The predicted octanol–water partition coefficient (Wildman–Crippen LogP) is 36.6. The number of rotatable bonds is 17. The summed E-state index contributed by atoms with van der Waals surface area (Å²) in [6.45, 7) is 0. The van der Waals surface area contributed by atoms with Crippen LogP contribution in [0.25, 0.3) is 203 Å². The predicted molar refractivity (Wildman–Crippen MR) is 586 cm³/mol. The van der Waals surface area contributed by atoms with E-state index in [2.05, 4.69) is 550 Å². The van der Waals surface area contributed by atoms with Crippen molar-refractivity contribution in [2.75, 3.05) is 14.7 Å². The van der Waals surface area contributed by atoms with Crippen LogP contribution in [0.4, 0.5) is 51.2 Å². The summed E-state index contributed by atoms with van der Waals surface area (Å²) in [7, 11) is 0. The van der Waals surface area contributed by atoms with E-state index in [1.165, 1.54) is 103 Å². The number of aromatic nitrogens is 3. The van der Waals surface area contributed by atoms with Crippen LogP contribution in [0.5, 0.6) is 0 Å². The summed E-state index contributed by atoms with van der Waals surface area (Å²) >= 11 is 0. The number of nitrogens with zero attached hydrogens (tertiary/aromatic N) is 6. The van der Waals surface area contributed by atoms with Crippen LogP contribution in [0, 0.1) is 0 Å². The molecule has 6 heteroatoms. The average molecular weight is 1760 g/mol. The van der Waals surface area contributed by atoms with Gasteiger partial charge in [-0.15, -0.1) is 0 Å². The molecular formula is C132H86N6. The van der Waals surface area contributed by atoms with Gasteiger partial charge in [0.05, 0.1) is 44.5 Å². The van der Waals surface area contributed by atoms with E-state index >= 15 is 0 Å². The van der Waals surface area contributed by atoms with Crippen molar-refractivity contribution in [3.8, 4) is 72.7 Å². The minimum atomic E-state index is 1.06. The van der Waals surface area contributed by atoms with E-state index < -0.39 is 0 Å². The molecule has 644 valence electrons. The molecule has 0 N–H and O–H groups in total. The smallest absolute Gasteiger partial charge is 0.0547 e. The number of hydrogen-bond donors (Lipinski definition) is 0. The molecule has 3 aromatic heterocycles. The monoisotopic (exact) mass is 1750 g/mol. The van der Waals surface area contributed by atoms with Crippen LogP contribution in [0.2, 0.25) is 0 Å². The molecule has 24 aromatic carbocycles. The fourth-order valence-electron chi connectivity index (χ4n) is 21.9. The third kappa shape index (κ3) is 13.6. The zero-order valence-corrected chi connectivity index (χ0v) is 75.3.